The molecule has 0 saturated heterocycles. The topological polar surface area (TPSA) is 65.0 Å². The van der Waals surface area contributed by atoms with E-state index in [4.69, 9.17) is 14.2 Å². The van der Waals surface area contributed by atoms with E-state index in [0.29, 0.717) is 48.1 Å². The van der Waals surface area contributed by atoms with E-state index in [1.54, 1.807) is 25.3 Å². The molecule has 1 spiro atoms. The van der Waals surface area contributed by atoms with E-state index >= 15 is 8.78 Å². The standard InChI is InChI=1S/C33H36F2O5/c1-32(2,3)30(39-5)24-16-19(6-9-22(24)23-17-21(38-4)8-10-26(23)34)18-40-27-11-7-20-12-14-33(28(20)29(27)35)15-13-25(33)31(36)37/h6-11,16-17,25,30H,12-15,18H2,1-5H3,(H,36,37)/t25-,30-,33+/m1/s1. The molecule has 0 heterocycles. The van der Waals surface area contributed by atoms with E-state index in [2.05, 4.69) is 20.8 Å². The van der Waals surface area contributed by atoms with Gasteiger partial charge in [0, 0.05) is 23.7 Å². The van der Waals surface area contributed by atoms with Crippen LogP contribution in [0.25, 0.3) is 11.1 Å². The largest absolute Gasteiger partial charge is 0.497 e. The molecule has 3 aromatic rings. The summed E-state index contributed by atoms with van der Waals surface area (Å²) in [4.78, 5) is 11.8. The van der Waals surface area contributed by atoms with E-state index in [1.807, 2.05) is 24.3 Å². The molecule has 7 heteroatoms. The number of hydrogen-bond donors (Lipinski definition) is 1. The Morgan fingerprint density at radius 3 is 2.45 bits per heavy atom. The summed E-state index contributed by atoms with van der Waals surface area (Å²) >= 11 is 0. The van der Waals surface area contributed by atoms with Crippen molar-refractivity contribution in [1.82, 2.24) is 0 Å². The van der Waals surface area contributed by atoms with E-state index in [9.17, 15) is 9.90 Å². The summed E-state index contributed by atoms with van der Waals surface area (Å²) in [7, 11) is 3.17. The van der Waals surface area contributed by atoms with Gasteiger partial charge in [-0.2, -0.15) is 0 Å². The van der Waals surface area contributed by atoms with Gasteiger partial charge in [-0.3, -0.25) is 4.79 Å². The molecule has 3 aromatic carbocycles. The molecule has 0 unspecified atom stereocenters. The van der Waals surface area contributed by atoms with Crippen molar-refractivity contribution in [3.05, 3.63) is 82.4 Å². The highest BCUT2D eigenvalue weighted by Crippen LogP contribution is 2.58. The SMILES string of the molecule is COc1ccc(F)c(-c2ccc(COc3ccc4c(c3F)[C@@]3(CC4)CC[C@@H]3C(=O)O)cc2[C@@H](OC)C(C)(C)C)c1. The number of methoxy groups -OCH3 is 2. The smallest absolute Gasteiger partial charge is 0.307 e. The fraction of sp³-hybridized carbons (Fsp3) is 0.424. The summed E-state index contributed by atoms with van der Waals surface area (Å²) in [5, 5.41) is 9.70. The van der Waals surface area contributed by atoms with Crippen LogP contribution in [-0.4, -0.2) is 25.3 Å². The van der Waals surface area contributed by atoms with Crippen molar-refractivity contribution in [2.75, 3.05) is 14.2 Å². The monoisotopic (exact) mass is 550 g/mol. The second-order valence-electron chi connectivity index (χ2n) is 12.0. The number of aliphatic carboxylic acids is 1. The highest BCUT2D eigenvalue weighted by Gasteiger charge is 2.56. The van der Waals surface area contributed by atoms with Gasteiger partial charge in [-0.05, 0) is 83.7 Å². The molecule has 1 N–H and O–H groups in total. The number of aryl methyl sites for hydroxylation is 1. The third-order valence-electron chi connectivity index (χ3n) is 8.65. The Balaban J connectivity index is 1.49. The second-order valence-corrected chi connectivity index (χ2v) is 12.0. The molecule has 40 heavy (non-hydrogen) atoms. The predicted molar refractivity (Wildman–Crippen MR) is 149 cm³/mol. The zero-order chi connectivity index (χ0) is 28.8. The van der Waals surface area contributed by atoms with Gasteiger partial charge in [0.1, 0.15) is 18.2 Å². The fourth-order valence-corrected chi connectivity index (χ4v) is 6.64. The molecule has 212 valence electrons. The molecule has 2 aliphatic carbocycles. The molecule has 0 aliphatic heterocycles. The number of hydrogen-bond acceptors (Lipinski definition) is 4. The van der Waals surface area contributed by atoms with E-state index in [0.717, 1.165) is 16.7 Å². The van der Waals surface area contributed by atoms with Crippen molar-refractivity contribution in [3.63, 3.8) is 0 Å². The normalized spacial score (nSPS) is 20.6. The first-order valence-corrected chi connectivity index (χ1v) is 13.7. The van der Waals surface area contributed by atoms with Crippen molar-refractivity contribution >= 4 is 5.97 Å². The van der Waals surface area contributed by atoms with Gasteiger partial charge in [-0.15, -0.1) is 0 Å². The Morgan fingerprint density at radius 2 is 1.82 bits per heavy atom. The molecule has 2 aliphatic rings. The Kier molecular flexibility index (Phi) is 7.38. The molecular formula is C33H36F2O5. The minimum Gasteiger partial charge on any atom is -0.497 e. The van der Waals surface area contributed by atoms with Gasteiger partial charge < -0.3 is 19.3 Å². The van der Waals surface area contributed by atoms with Crippen LogP contribution >= 0.6 is 0 Å². The van der Waals surface area contributed by atoms with Crippen LogP contribution < -0.4 is 9.47 Å². The summed E-state index contributed by atoms with van der Waals surface area (Å²) < 4.78 is 48.2. The fourth-order valence-electron chi connectivity index (χ4n) is 6.64. The molecule has 0 amide bonds. The molecule has 1 saturated carbocycles. The Morgan fingerprint density at radius 1 is 1.05 bits per heavy atom. The van der Waals surface area contributed by atoms with Crippen molar-refractivity contribution in [2.24, 2.45) is 11.3 Å². The van der Waals surface area contributed by atoms with Crippen LogP contribution in [0.5, 0.6) is 11.5 Å². The summed E-state index contributed by atoms with van der Waals surface area (Å²) in [6.45, 7) is 6.24. The van der Waals surface area contributed by atoms with Gasteiger partial charge in [-0.25, -0.2) is 8.78 Å². The summed E-state index contributed by atoms with van der Waals surface area (Å²) in [6.07, 6.45) is 2.20. The number of carboxylic acids is 1. The maximum absolute atomic E-state index is 15.9. The maximum Gasteiger partial charge on any atom is 0.307 e. The first-order valence-electron chi connectivity index (χ1n) is 13.7. The van der Waals surface area contributed by atoms with Gasteiger partial charge >= 0.3 is 5.97 Å². The lowest BCUT2D eigenvalue weighted by atomic mass is 9.57. The number of ether oxygens (including phenoxy) is 3. The highest BCUT2D eigenvalue weighted by atomic mass is 19.1. The first-order chi connectivity index (χ1) is 19.0. The van der Waals surface area contributed by atoms with Crippen LogP contribution in [0.1, 0.15) is 68.4 Å². The predicted octanol–water partition coefficient (Wildman–Crippen LogP) is 7.63. The lowest BCUT2D eigenvalue weighted by molar-refractivity contribution is -0.149. The quantitative estimate of drug-likeness (QED) is 0.312. The average Bonchev–Trinajstić information content (AvgIpc) is 3.30. The van der Waals surface area contributed by atoms with E-state index in [1.165, 1.54) is 13.2 Å². The Bertz CT molecular complexity index is 1440. The Hall–Kier alpha value is -3.45. The van der Waals surface area contributed by atoms with Crippen LogP contribution in [-0.2, 0) is 28.0 Å². The minimum absolute atomic E-state index is 0.0829. The molecule has 3 atom stereocenters. The van der Waals surface area contributed by atoms with Crippen molar-refractivity contribution in [1.29, 1.82) is 0 Å². The molecule has 0 aromatic heterocycles. The molecular weight excluding hydrogens is 514 g/mol. The zero-order valence-electron chi connectivity index (χ0n) is 23.6. The van der Waals surface area contributed by atoms with Crippen molar-refractivity contribution < 1.29 is 32.9 Å². The van der Waals surface area contributed by atoms with Crippen molar-refractivity contribution in [3.8, 4) is 22.6 Å². The summed E-state index contributed by atoms with van der Waals surface area (Å²) in [6, 6.07) is 13.7. The van der Waals surface area contributed by atoms with Crippen LogP contribution in [0.3, 0.4) is 0 Å². The van der Waals surface area contributed by atoms with E-state index < -0.39 is 23.1 Å². The lowest BCUT2D eigenvalue weighted by Gasteiger charge is -2.45. The third-order valence-corrected chi connectivity index (χ3v) is 8.65. The zero-order valence-corrected chi connectivity index (χ0v) is 23.6. The number of halogens is 2. The van der Waals surface area contributed by atoms with E-state index in [-0.39, 0.29) is 29.7 Å². The first kappa shape index (κ1) is 28.1. The molecule has 0 radical (unpaired) electrons. The van der Waals surface area contributed by atoms with Crippen molar-refractivity contribution in [2.45, 2.75) is 64.6 Å². The van der Waals surface area contributed by atoms with Gasteiger partial charge in [-0.1, -0.05) is 39.0 Å². The van der Waals surface area contributed by atoms with Gasteiger partial charge in [0.15, 0.2) is 11.6 Å². The number of fused-ring (bicyclic) bond motifs is 2. The molecule has 1 fully saturated rings. The van der Waals surface area contributed by atoms with Crippen LogP contribution in [0.2, 0.25) is 0 Å². The number of carboxylic acid groups (broad SMARTS) is 1. The van der Waals surface area contributed by atoms with Gasteiger partial charge in [0.05, 0.1) is 19.1 Å². The molecule has 5 nitrogen and oxygen atoms in total. The summed E-state index contributed by atoms with van der Waals surface area (Å²) in [5.41, 5.74) is 3.08. The Labute approximate surface area is 234 Å². The lowest BCUT2D eigenvalue weighted by Crippen LogP contribution is -2.47. The van der Waals surface area contributed by atoms with Gasteiger partial charge in [0.2, 0.25) is 0 Å². The van der Waals surface area contributed by atoms with Crippen LogP contribution in [0, 0.1) is 23.0 Å². The molecule has 5 rings (SSSR count). The number of benzene rings is 3. The highest BCUT2D eigenvalue weighted by molar-refractivity contribution is 5.75. The number of rotatable bonds is 8. The average molecular weight is 551 g/mol. The number of carbonyl (C=O) groups is 1. The summed E-state index contributed by atoms with van der Waals surface area (Å²) in [5.74, 6) is -1.61. The van der Waals surface area contributed by atoms with Crippen LogP contribution in [0.15, 0.2) is 48.5 Å². The molecule has 0 bridgehead atoms. The van der Waals surface area contributed by atoms with Crippen LogP contribution in [0.4, 0.5) is 8.78 Å². The minimum atomic E-state index is -0.864. The van der Waals surface area contributed by atoms with Gasteiger partial charge in [0.25, 0.3) is 0 Å². The maximum atomic E-state index is 15.9. The third kappa shape index (κ3) is 4.74. The second kappa shape index (κ2) is 10.5.